The van der Waals surface area contributed by atoms with Crippen molar-refractivity contribution in [2.75, 3.05) is 50.7 Å². The average Bonchev–Trinajstić information content (AvgIpc) is 3.02. The number of carbonyl (C=O) groups is 2. The molecule has 0 unspecified atom stereocenters. The summed E-state index contributed by atoms with van der Waals surface area (Å²) in [5.41, 5.74) is 1.13. The Labute approximate surface area is 176 Å². The van der Waals surface area contributed by atoms with E-state index in [4.69, 9.17) is 0 Å². The largest absolute Gasteiger partial charge is 0.369 e. The number of non-ortho nitro benzene ring substituents is 1. The van der Waals surface area contributed by atoms with Gasteiger partial charge >= 0.3 is 6.03 Å². The fourth-order valence-electron chi connectivity index (χ4n) is 4.67. The maximum absolute atomic E-state index is 12.5. The molecule has 0 N–H and O–H groups in total. The van der Waals surface area contributed by atoms with E-state index in [-0.39, 0.29) is 28.6 Å². The molecular formula is C21H29N5O4. The Balaban J connectivity index is 1.17. The molecule has 30 heavy (non-hydrogen) atoms. The highest BCUT2D eigenvalue weighted by Crippen LogP contribution is 2.27. The monoisotopic (exact) mass is 415 g/mol. The number of piperazine rings is 1. The zero-order valence-corrected chi connectivity index (χ0v) is 17.2. The van der Waals surface area contributed by atoms with Crippen molar-refractivity contribution in [3.8, 4) is 0 Å². The van der Waals surface area contributed by atoms with Gasteiger partial charge in [-0.2, -0.15) is 0 Å². The molecule has 3 fully saturated rings. The number of hydrogen-bond acceptors (Lipinski definition) is 6. The minimum absolute atomic E-state index is 0.00332. The van der Waals surface area contributed by atoms with Gasteiger partial charge in [0.05, 0.1) is 4.92 Å². The van der Waals surface area contributed by atoms with Gasteiger partial charge in [-0.25, -0.2) is 4.79 Å². The van der Waals surface area contributed by atoms with E-state index in [1.807, 2.05) is 12.1 Å². The van der Waals surface area contributed by atoms with Crippen molar-refractivity contribution >= 4 is 23.3 Å². The zero-order valence-electron chi connectivity index (χ0n) is 17.2. The van der Waals surface area contributed by atoms with Crippen LogP contribution in [-0.2, 0) is 4.79 Å². The summed E-state index contributed by atoms with van der Waals surface area (Å²) in [5.74, 6) is -0.00332. The van der Waals surface area contributed by atoms with Crippen molar-refractivity contribution in [1.29, 1.82) is 0 Å². The van der Waals surface area contributed by atoms with Crippen molar-refractivity contribution in [3.63, 3.8) is 0 Å². The van der Waals surface area contributed by atoms with Gasteiger partial charge in [-0.05, 0) is 50.8 Å². The number of nitrogens with zero attached hydrogens (tertiary/aromatic N) is 5. The van der Waals surface area contributed by atoms with E-state index >= 15 is 0 Å². The molecule has 9 nitrogen and oxygen atoms in total. The fourth-order valence-corrected chi connectivity index (χ4v) is 4.67. The predicted molar refractivity (Wildman–Crippen MR) is 112 cm³/mol. The van der Waals surface area contributed by atoms with E-state index in [0.29, 0.717) is 13.1 Å². The van der Waals surface area contributed by atoms with Crippen LogP contribution in [0.25, 0.3) is 0 Å². The number of urea groups is 1. The van der Waals surface area contributed by atoms with E-state index in [1.54, 1.807) is 17.0 Å². The van der Waals surface area contributed by atoms with Crippen LogP contribution in [0.4, 0.5) is 16.2 Å². The minimum atomic E-state index is -0.379. The molecule has 3 aliphatic heterocycles. The van der Waals surface area contributed by atoms with Gasteiger partial charge in [-0.15, -0.1) is 0 Å². The van der Waals surface area contributed by atoms with E-state index in [9.17, 15) is 19.7 Å². The summed E-state index contributed by atoms with van der Waals surface area (Å²) in [6.45, 7) is 5.84. The first-order chi connectivity index (χ1) is 14.5. The lowest BCUT2D eigenvalue weighted by atomic mass is 10.0. The third kappa shape index (κ3) is 4.26. The van der Waals surface area contributed by atoms with Crippen LogP contribution >= 0.6 is 0 Å². The normalized spacial score (nSPS) is 22.5. The molecule has 4 rings (SSSR count). The van der Waals surface area contributed by atoms with Crippen LogP contribution < -0.4 is 4.90 Å². The van der Waals surface area contributed by atoms with Gasteiger partial charge in [0.25, 0.3) is 11.6 Å². The quantitative estimate of drug-likeness (QED) is 0.294. The summed E-state index contributed by atoms with van der Waals surface area (Å²) in [7, 11) is 0. The second kappa shape index (κ2) is 8.99. The second-order valence-corrected chi connectivity index (χ2v) is 8.29. The highest BCUT2D eigenvalue weighted by molar-refractivity contribution is 6.04. The maximum atomic E-state index is 12.5. The first-order valence-electron chi connectivity index (χ1n) is 10.9. The van der Waals surface area contributed by atoms with Gasteiger partial charge in [-0.1, -0.05) is 0 Å². The number of benzene rings is 1. The number of hydrogen-bond donors (Lipinski definition) is 0. The summed E-state index contributed by atoms with van der Waals surface area (Å²) in [6, 6.07) is 6.42. The first-order valence-corrected chi connectivity index (χ1v) is 10.9. The Morgan fingerprint density at radius 2 is 1.63 bits per heavy atom. The number of nitro groups is 1. The van der Waals surface area contributed by atoms with Crippen molar-refractivity contribution in [2.45, 2.75) is 38.1 Å². The molecule has 0 aromatic heterocycles. The molecular weight excluding hydrogens is 386 g/mol. The van der Waals surface area contributed by atoms with Crippen LogP contribution in [0.2, 0.25) is 0 Å². The van der Waals surface area contributed by atoms with E-state index in [0.717, 1.165) is 70.5 Å². The van der Waals surface area contributed by atoms with Crippen molar-refractivity contribution in [3.05, 3.63) is 34.4 Å². The molecule has 0 bridgehead atoms. The maximum Gasteiger partial charge on any atom is 0.327 e. The molecule has 1 aromatic carbocycles. The van der Waals surface area contributed by atoms with E-state index in [1.165, 1.54) is 4.90 Å². The van der Waals surface area contributed by atoms with Gasteiger partial charge < -0.3 is 9.80 Å². The minimum Gasteiger partial charge on any atom is -0.369 e. The van der Waals surface area contributed by atoms with Crippen LogP contribution in [0.15, 0.2) is 24.3 Å². The molecule has 0 spiro atoms. The molecule has 3 aliphatic rings. The number of imide groups is 1. The lowest BCUT2D eigenvalue weighted by Gasteiger charge is -2.36. The molecule has 3 saturated heterocycles. The molecule has 9 heteroatoms. The fraction of sp³-hybridized carbons (Fsp3) is 0.619. The lowest BCUT2D eigenvalue weighted by molar-refractivity contribution is -0.384. The summed E-state index contributed by atoms with van der Waals surface area (Å²) < 4.78 is 0. The number of fused-ring (bicyclic) bond motifs is 1. The number of amides is 3. The Morgan fingerprint density at radius 3 is 2.30 bits per heavy atom. The number of unbranched alkanes of at least 4 members (excludes halogenated alkanes) is 1. The summed E-state index contributed by atoms with van der Waals surface area (Å²) in [5, 5.41) is 10.8. The third-order valence-electron chi connectivity index (χ3n) is 6.43. The molecule has 0 aliphatic carbocycles. The SMILES string of the molecule is O=C1[C@H]2CCCCN2C(=O)N1CCCCN1CCN(c2ccc([N+](=O)[O-])cc2)CC1. The van der Waals surface area contributed by atoms with E-state index < -0.39 is 0 Å². The highest BCUT2D eigenvalue weighted by atomic mass is 16.6. The summed E-state index contributed by atoms with van der Waals surface area (Å²) in [4.78, 5) is 43.2. The zero-order chi connectivity index (χ0) is 21.1. The van der Waals surface area contributed by atoms with Crippen molar-refractivity contribution in [1.82, 2.24) is 14.7 Å². The molecule has 1 aromatic rings. The topological polar surface area (TPSA) is 90.2 Å². The lowest BCUT2D eigenvalue weighted by Crippen LogP contribution is -2.46. The van der Waals surface area contributed by atoms with Gasteiger partial charge in [-0.3, -0.25) is 24.7 Å². The first kappa shape index (κ1) is 20.6. The van der Waals surface area contributed by atoms with Crippen LogP contribution in [0.1, 0.15) is 32.1 Å². The smallest absolute Gasteiger partial charge is 0.327 e. The molecule has 0 saturated carbocycles. The van der Waals surface area contributed by atoms with Gasteiger partial charge in [0, 0.05) is 57.1 Å². The Hall–Kier alpha value is -2.68. The Kier molecular flexibility index (Phi) is 6.17. The van der Waals surface area contributed by atoms with Crippen LogP contribution in [0.5, 0.6) is 0 Å². The number of nitro benzene ring substituents is 1. The van der Waals surface area contributed by atoms with Gasteiger partial charge in [0.1, 0.15) is 6.04 Å². The van der Waals surface area contributed by atoms with Crippen LogP contribution in [0.3, 0.4) is 0 Å². The molecule has 3 amide bonds. The number of piperidine rings is 1. The number of anilines is 1. The number of rotatable bonds is 7. The van der Waals surface area contributed by atoms with Crippen LogP contribution in [0, 0.1) is 10.1 Å². The molecule has 162 valence electrons. The molecule has 1 atom stereocenters. The molecule has 3 heterocycles. The standard InChI is InChI=1S/C21H29N5O4/c27-20-19-5-1-2-11-24(19)21(28)25(20)12-4-3-10-22-13-15-23(16-14-22)17-6-8-18(9-7-17)26(29)30/h6-9,19H,1-5,10-16H2/t19-/m1/s1. The summed E-state index contributed by atoms with van der Waals surface area (Å²) >= 11 is 0. The average molecular weight is 415 g/mol. The van der Waals surface area contributed by atoms with Crippen molar-refractivity contribution < 1.29 is 14.5 Å². The third-order valence-corrected chi connectivity index (χ3v) is 6.43. The Bertz CT molecular complexity index is 767. The van der Waals surface area contributed by atoms with Crippen molar-refractivity contribution in [2.24, 2.45) is 0 Å². The molecule has 0 radical (unpaired) electrons. The summed E-state index contributed by atoms with van der Waals surface area (Å²) in [6.07, 6.45) is 4.62. The second-order valence-electron chi connectivity index (χ2n) is 8.29. The predicted octanol–water partition coefficient (Wildman–Crippen LogP) is 2.31. The van der Waals surface area contributed by atoms with E-state index in [2.05, 4.69) is 9.80 Å². The van der Waals surface area contributed by atoms with Crippen LogP contribution in [-0.4, -0.2) is 83.4 Å². The van der Waals surface area contributed by atoms with Gasteiger partial charge in [0.15, 0.2) is 0 Å². The highest BCUT2D eigenvalue weighted by Gasteiger charge is 2.45. The number of carbonyl (C=O) groups excluding carboxylic acids is 2. The Morgan fingerprint density at radius 1 is 0.933 bits per heavy atom. The van der Waals surface area contributed by atoms with Gasteiger partial charge in [0.2, 0.25) is 0 Å².